The summed E-state index contributed by atoms with van der Waals surface area (Å²) in [7, 11) is 0. The van der Waals surface area contributed by atoms with Crippen LogP contribution in [0.3, 0.4) is 0 Å². The van der Waals surface area contributed by atoms with Crippen molar-refractivity contribution in [2.24, 2.45) is 0 Å². The molecule has 2 aromatic rings. The van der Waals surface area contributed by atoms with Crippen LogP contribution in [-0.4, -0.2) is 32.0 Å². The Labute approximate surface area is 148 Å². The number of carbonyl (C=O) groups excluding carboxylic acids is 1. The van der Waals surface area contributed by atoms with Gasteiger partial charge in [-0.3, -0.25) is 4.79 Å². The highest BCUT2D eigenvalue weighted by molar-refractivity contribution is 5.95. The number of amides is 1. The molecule has 6 heteroatoms. The van der Waals surface area contributed by atoms with Gasteiger partial charge in [0.05, 0.1) is 18.3 Å². The number of hydrogen-bond acceptors (Lipinski definition) is 4. The normalized spacial score (nSPS) is 21.1. The molecule has 1 amide bonds. The quantitative estimate of drug-likeness (QED) is 0.895. The minimum Gasteiger partial charge on any atom is -0.384 e. The Kier molecular flexibility index (Phi) is 4.90. The maximum absolute atomic E-state index is 12.7. The number of carbonyl (C=O) groups is 1. The zero-order valence-electron chi connectivity index (χ0n) is 15.1. The minimum atomic E-state index is -1.02. The molecule has 1 heterocycles. The van der Waals surface area contributed by atoms with Crippen molar-refractivity contribution in [2.75, 3.05) is 0 Å². The Balaban J connectivity index is 1.78. The van der Waals surface area contributed by atoms with Crippen LogP contribution < -0.4 is 5.32 Å². The largest absolute Gasteiger partial charge is 0.384 e. The van der Waals surface area contributed by atoms with E-state index in [1.54, 1.807) is 24.7 Å². The van der Waals surface area contributed by atoms with E-state index in [1.165, 1.54) is 0 Å². The zero-order chi connectivity index (χ0) is 18.0. The fourth-order valence-electron chi connectivity index (χ4n) is 3.39. The molecule has 0 radical (unpaired) electrons. The van der Waals surface area contributed by atoms with Gasteiger partial charge in [-0.15, -0.1) is 5.10 Å². The van der Waals surface area contributed by atoms with Gasteiger partial charge in [-0.05, 0) is 45.2 Å². The van der Waals surface area contributed by atoms with E-state index >= 15 is 0 Å². The molecule has 0 saturated heterocycles. The molecule has 2 atom stereocenters. The predicted molar refractivity (Wildman–Crippen MR) is 95.2 cm³/mol. The van der Waals surface area contributed by atoms with Crippen molar-refractivity contribution in [3.05, 3.63) is 47.3 Å². The van der Waals surface area contributed by atoms with Gasteiger partial charge in [0.15, 0.2) is 0 Å². The Morgan fingerprint density at radius 2 is 2.00 bits per heavy atom. The number of benzene rings is 1. The SMILES string of the molecule is Cc1ccccc1C(=O)N[C@H]1CCCC[C@H]1n1cc(C(C)(C)O)nn1. The van der Waals surface area contributed by atoms with E-state index in [9.17, 15) is 9.90 Å². The number of aliphatic hydroxyl groups is 1. The molecule has 134 valence electrons. The van der Waals surface area contributed by atoms with E-state index in [0.717, 1.165) is 31.2 Å². The first kappa shape index (κ1) is 17.6. The second-order valence-corrected chi connectivity index (χ2v) is 7.39. The van der Waals surface area contributed by atoms with Gasteiger partial charge < -0.3 is 10.4 Å². The molecule has 1 fully saturated rings. The Morgan fingerprint density at radius 1 is 1.28 bits per heavy atom. The van der Waals surface area contributed by atoms with E-state index in [2.05, 4.69) is 15.6 Å². The van der Waals surface area contributed by atoms with E-state index in [-0.39, 0.29) is 18.0 Å². The standard InChI is InChI=1S/C19H26N4O2/c1-13-8-4-5-9-14(13)18(24)20-15-10-6-7-11-16(15)23-12-17(21-22-23)19(2,3)25/h4-5,8-9,12,15-16,25H,6-7,10-11H2,1-3H3,(H,20,24)/t15-,16+/m0/s1. The predicted octanol–water partition coefficient (Wildman–Crippen LogP) is 2.73. The smallest absolute Gasteiger partial charge is 0.251 e. The average molecular weight is 342 g/mol. The van der Waals surface area contributed by atoms with E-state index in [4.69, 9.17) is 0 Å². The van der Waals surface area contributed by atoms with E-state index in [0.29, 0.717) is 11.3 Å². The molecule has 0 spiro atoms. The number of rotatable bonds is 4. The van der Waals surface area contributed by atoms with Gasteiger partial charge in [-0.25, -0.2) is 4.68 Å². The van der Waals surface area contributed by atoms with Crippen molar-refractivity contribution in [3.8, 4) is 0 Å². The van der Waals surface area contributed by atoms with Gasteiger partial charge in [0.1, 0.15) is 11.3 Å². The molecular formula is C19H26N4O2. The lowest BCUT2D eigenvalue weighted by molar-refractivity contribution is 0.0735. The summed E-state index contributed by atoms with van der Waals surface area (Å²) in [6.45, 7) is 5.33. The number of nitrogens with zero attached hydrogens (tertiary/aromatic N) is 3. The average Bonchev–Trinajstić information content (AvgIpc) is 3.06. The molecule has 0 unspecified atom stereocenters. The monoisotopic (exact) mass is 342 g/mol. The van der Waals surface area contributed by atoms with Gasteiger partial charge in [0, 0.05) is 5.56 Å². The van der Waals surface area contributed by atoms with Gasteiger partial charge in [0.2, 0.25) is 0 Å². The molecule has 25 heavy (non-hydrogen) atoms. The van der Waals surface area contributed by atoms with Gasteiger partial charge in [0.25, 0.3) is 5.91 Å². The number of aromatic nitrogens is 3. The van der Waals surface area contributed by atoms with Crippen LogP contribution in [0.1, 0.15) is 67.2 Å². The molecular weight excluding hydrogens is 316 g/mol. The number of nitrogens with one attached hydrogen (secondary N) is 1. The van der Waals surface area contributed by atoms with Crippen LogP contribution >= 0.6 is 0 Å². The van der Waals surface area contributed by atoms with Crippen LogP contribution in [0.2, 0.25) is 0 Å². The maximum atomic E-state index is 12.7. The topological polar surface area (TPSA) is 80.0 Å². The third-order valence-corrected chi connectivity index (χ3v) is 4.91. The molecule has 0 bridgehead atoms. The van der Waals surface area contributed by atoms with Crippen molar-refractivity contribution in [1.29, 1.82) is 0 Å². The third kappa shape index (κ3) is 3.90. The molecule has 1 saturated carbocycles. The highest BCUT2D eigenvalue weighted by atomic mass is 16.3. The molecule has 3 rings (SSSR count). The summed E-state index contributed by atoms with van der Waals surface area (Å²) in [4.78, 5) is 12.7. The summed E-state index contributed by atoms with van der Waals surface area (Å²) < 4.78 is 1.80. The summed E-state index contributed by atoms with van der Waals surface area (Å²) in [6.07, 6.45) is 5.83. The van der Waals surface area contributed by atoms with Crippen molar-refractivity contribution in [2.45, 2.75) is 64.1 Å². The first-order valence-electron chi connectivity index (χ1n) is 8.87. The van der Waals surface area contributed by atoms with Crippen LogP contribution in [0.4, 0.5) is 0 Å². The number of aryl methyl sites for hydroxylation is 1. The summed E-state index contributed by atoms with van der Waals surface area (Å²) in [6, 6.07) is 7.68. The number of hydrogen-bond donors (Lipinski definition) is 2. The van der Waals surface area contributed by atoms with Crippen molar-refractivity contribution < 1.29 is 9.90 Å². The molecule has 1 aromatic heterocycles. The first-order chi connectivity index (χ1) is 11.9. The highest BCUT2D eigenvalue weighted by Gasteiger charge is 2.31. The summed E-state index contributed by atoms with van der Waals surface area (Å²) in [5.74, 6) is -0.0437. The lowest BCUT2D eigenvalue weighted by Crippen LogP contribution is -2.43. The summed E-state index contributed by atoms with van der Waals surface area (Å²) in [5.41, 5.74) is 1.20. The van der Waals surface area contributed by atoms with Crippen LogP contribution in [0.25, 0.3) is 0 Å². The Hall–Kier alpha value is -2.21. The lowest BCUT2D eigenvalue weighted by atomic mass is 9.90. The fraction of sp³-hybridized carbons (Fsp3) is 0.526. The van der Waals surface area contributed by atoms with Gasteiger partial charge in [-0.2, -0.15) is 0 Å². The maximum Gasteiger partial charge on any atom is 0.251 e. The molecule has 1 aromatic carbocycles. The second-order valence-electron chi connectivity index (χ2n) is 7.39. The first-order valence-corrected chi connectivity index (χ1v) is 8.87. The van der Waals surface area contributed by atoms with E-state index < -0.39 is 5.60 Å². The highest BCUT2D eigenvalue weighted by Crippen LogP contribution is 2.29. The summed E-state index contributed by atoms with van der Waals surface area (Å²) in [5, 5.41) is 21.6. The second kappa shape index (κ2) is 6.96. The zero-order valence-corrected chi connectivity index (χ0v) is 15.1. The molecule has 1 aliphatic rings. The van der Waals surface area contributed by atoms with Crippen molar-refractivity contribution >= 4 is 5.91 Å². The van der Waals surface area contributed by atoms with Crippen LogP contribution in [0.5, 0.6) is 0 Å². The Bertz CT molecular complexity index is 748. The fourth-order valence-corrected chi connectivity index (χ4v) is 3.39. The molecule has 1 aliphatic carbocycles. The molecule has 6 nitrogen and oxygen atoms in total. The molecule has 0 aliphatic heterocycles. The van der Waals surface area contributed by atoms with Crippen LogP contribution in [0.15, 0.2) is 30.5 Å². The van der Waals surface area contributed by atoms with Gasteiger partial charge in [-0.1, -0.05) is 36.3 Å². The third-order valence-electron chi connectivity index (χ3n) is 4.91. The molecule has 2 N–H and O–H groups in total. The van der Waals surface area contributed by atoms with Gasteiger partial charge >= 0.3 is 0 Å². The van der Waals surface area contributed by atoms with Crippen molar-refractivity contribution in [3.63, 3.8) is 0 Å². The van der Waals surface area contributed by atoms with Crippen LogP contribution in [-0.2, 0) is 5.60 Å². The van der Waals surface area contributed by atoms with Crippen molar-refractivity contribution in [1.82, 2.24) is 20.3 Å². The lowest BCUT2D eigenvalue weighted by Gasteiger charge is -2.32. The van der Waals surface area contributed by atoms with E-state index in [1.807, 2.05) is 31.2 Å². The Morgan fingerprint density at radius 3 is 2.68 bits per heavy atom. The minimum absolute atomic E-state index is 0.0113. The van der Waals surface area contributed by atoms with Crippen LogP contribution in [0, 0.1) is 6.92 Å². The summed E-state index contributed by atoms with van der Waals surface area (Å²) >= 11 is 0.